The number of hydrogen-bond donors (Lipinski definition) is 1. The molecule has 0 radical (unpaired) electrons. The van der Waals surface area contributed by atoms with E-state index in [1.165, 1.54) is 0 Å². The molecule has 0 aliphatic rings. The van der Waals surface area contributed by atoms with Crippen LogP contribution in [0, 0.1) is 6.92 Å². The van der Waals surface area contributed by atoms with Gasteiger partial charge in [0.05, 0.1) is 0 Å². The molecule has 0 aliphatic heterocycles. The Hall–Kier alpha value is -3.05. The maximum Gasteiger partial charge on any atom is 0.356 e. The summed E-state index contributed by atoms with van der Waals surface area (Å²) in [7, 11) is 1.74. The van der Waals surface area contributed by atoms with E-state index in [4.69, 9.17) is 16.3 Å². The summed E-state index contributed by atoms with van der Waals surface area (Å²) in [5.41, 5.74) is 2.38. The monoisotopic (exact) mass is 382 g/mol. The molecule has 6 heteroatoms. The molecule has 3 rings (SSSR count). The summed E-state index contributed by atoms with van der Waals surface area (Å²) in [5, 5.41) is 3.31. The van der Waals surface area contributed by atoms with Gasteiger partial charge in [-0.2, -0.15) is 0 Å². The molecule has 0 saturated carbocycles. The van der Waals surface area contributed by atoms with Crippen molar-refractivity contribution in [2.45, 2.75) is 13.0 Å². The van der Waals surface area contributed by atoms with Gasteiger partial charge in [0.15, 0.2) is 0 Å². The summed E-state index contributed by atoms with van der Waals surface area (Å²) in [5.74, 6) is -1.03. The minimum absolute atomic E-state index is 0.363. The fourth-order valence-corrected chi connectivity index (χ4v) is 2.80. The molecule has 0 fully saturated rings. The number of nitrogens with zero attached hydrogens (tertiary/aromatic N) is 1. The minimum atomic E-state index is -1.09. The van der Waals surface area contributed by atoms with Gasteiger partial charge in [-0.05, 0) is 36.8 Å². The van der Waals surface area contributed by atoms with Crippen molar-refractivity contribution in [3.05, 3.63) is 88.7 Å². The molecular formula is C21H19ClN2O3. The first kappa shape index (κ1) is 18.7. The van der Waals surface area contributed by atoms with Crippen molar-refractivity contribution < 1.29 is 14.3 Å². The Kier molecular flexibility index (Phi) is 5.62. The van der Waals surface area contributed by atoms with E-state index in [9.17, 15) is 9.59 Å². The zero-order chi connectivity index (χ0) is 19.4. The van der Waals surface area contributed by atoms with Crippen LogP contribution >= 0.6 is 11.6 Å². The van der Waals surface area contributed by atoms with Crippen molar-refractivity contribution in [2.24, 2.45) is 7.05 Å². The van der Waals surface area contributed by atoms with E-state index in [2.05, 4.69) is 5.32 Å². The fraction of sp³-hybridized carbons (Fsp3) is 0.143. The highest BCUT2D eigenvalue weighted by molar-refractivity contribution is 6.31. The van der Waals surface area contributed by atoms with E-state index in [-0.39, 0.29) is 0 Å². The number of hydrogen-bond acceptors (Lipinski definition) is 3. The number of nitrogens with one attached hydrogen (secondary N) is 1. The molecule has 2 aromatic carbocycles. The summed E-state index contributed by atoms with van der Waals surface area (Å²) < 4.78 is 7.19. The molecule has 1 N–H and O–H groups in total. The number of ether oxygens (including phenoxy) is 1. The zero-order valence-electron chi connectivity index (χ0n) is 15.0. The van der Waals surface area contributed by atoms with Gasteiger partial charge in [0.2, 0.25) is 6.10 Å². The van der Waals surface area contributed by atoms with Crippen LogP contribution in [-0.2, 0) is 16.6 Å². The highest BCUT2D eigenvalue weighted by atomic mass is 35.5. The lowest BCUT2D eigenvalue weighted by molar-refractivity contribution is -0.125. The lowest BCUT2D eigenvalue weighted by atomic mass is 10.1. The molecule has 3 aromatic rings. The van der Waals surface area contributed by atoms with Crippen molar-refractivity contribution in [3.63, 3.8) is 0 Å². The van der Waals surface area contributed by atoms with E-state index in [1.807, 2.05) is 19.1 Å². The summed E-state index contributed by atoms with van der Waals surface area (Å²) in [6.45, 7) is 1.88. The Bertz CT molecular complexity index is 967. The summed E-state index contributed by atoms with van der Waals surface area (Å²) in [6, 6.07) is 17.5. The van der Waals surface area contributed by atoms with E-state index in [0.29, 0.717) is 22.0 Å². The Morgan fingerprint density at radius 1 is 1.07 bits per heavy atom. The first-order valence-corrected chi connectivity index (χ1v) is 8.78. The van der Waals surface area contributed by atoms with Gasteiger partial charge in [0, 0.05) is 29.5 Å². The van der Waals surface area contributed by atoms with Crippen molar-refractivity contribution in [2.75, 3.05) is 5.32 Å². The molecule has 0 spiro atoms. The van der Waals surface area contributed by atoms with Crippen LogP contribution in [0.5, 0.6) is 0 Å². The maximum absolute atomic E-state index is 12.9. The Morgan fingerprint density at radius 3 is 2.44 bits per heavy atom. The molecule has 1 heterocycles. The van der Waals surface area contributed by atoms with Gasteiger partial charge in [-0.15, -0.1) is 0 Å². The number of aryl methyl sites for hydroxylation is 2. The largest absolute Gasteiger partial charge is 0.443 e. The number of carbonyl (C=O) groups excluding carboxylic acids is 2. The molecular weight excluding hydrogens is 364 g/mol. The molecule has 0 saturated heterocycles. The maximum atomic E-state index is 12.9. The predicted octanol–water partition coefficient (Wildman–Crippen LogP) is 4.52. The van der Waals surface area contributed by atoms with Gasteiger partial charge in [0.25, 0.3) is 5.91 Å². The van der Waals surface area contributed by atoms with Crippen molar-refractivity contribution in [1.29, 1.82) is 0 Å². The first-order chi connectivity index (χ1) is 13.0. The van der Waals surface area contributed by atoms with Crippen LogP contribution in [0.25, 0.3) is 0 Å². The summed E-state index contributed by atoms with van der Waals surface area (Å²) in [4.78, 5) is 25.4. The third-order valence-electron chi connectivity index (χ3n) is 4.16. The lowest BCUT2D eigenvalue weighted by Crippen LogP contribution is -2.26. The molecule has 138 valence electrons. The molecule has 1 aromatic heterocycles. The molecule has 0 aliphatic carbocycles. The van der Waals surface area contributed by atoms with Crippen LogP contribution in [0.15, 0.2) is 66.9 Å². The number of rotatable bonds is 5. The minimum Gasteiger partial charge on any atom is -0.443 e. The Morgan fingerprint density at radius 2 is 1.81 bits per heavy atom. The standard InChI is InChI=1S/C21H19ClN2O3/c1-14-10-11-16(13-17(14)22)23-20(25)19(15-7-4-3-5-8-15)27-21(26)18-9-6-12-24(18)2/h3-13,19H,1-2H3,(H,23,25)/t19-/m0/s1. The van der Waals surface area contributed by atoms with Crippen LogP contribution in [-0.4, -0.2) is 16.4 Å². The quantitative estimate of drug-likeness (QED) is 0.660. The van der Waals surface area contributed by atoms with E-state index < -0.39 is 18.0 Å². The number of amides is 1. The lowest BCUT2D eigenvalue weighted by Gasteiger charge is -2.18. The summed E-state index contributed by atoms with van der Waals surface area (Å²) >= 11 is 6.12. The van der Waals surface area contributed by atoms with E-state index in [1.54, 1.807) is 66.3 Å². The van der Waals surface area contributed by atoms with E-state index in [0.717, 1.165) is 5.56 Å². The number of carbonyl (C=O) groups is 2. The van der Waals surface area contributed by atoms with Gasteiger partial charge in [-0.25, -0.2) is 4.79 Å². The summed E-state index contributed by atoms with van der Waals surface area (Å²) in [6.07, 6.45) is 0.649. The third kappa shape index (κ3) is 4.38. The highest BCUT2D eigenvalue weighted by Crippen LogP contribution is 2.24. The average Bonchev–Trinajstić information content (AvgIpc) is 3.09. The predicted molar refractivity (Wildman–Crippen MR) is 105 cm³/mol. The van der Waals surface area contributed by atoms with Crippen LogP contribution in [0.4, 0.5) is 5.69 Å². The second-order valence-electron chi connectivity index (χ2n) is 6.15. The second kappa shape index (κ2) is 8.10. The Labute approximate surface area is 162 Å². The number of anilines is 1. The molecule has 27 heavy (non-hydrogen) atoms. The topological polar surface area (TPSA) is 60.3 Å². The zero-order valence-corrected chi connectivity index (χ0v) is 15.7. The molecule has 0 unspecified atom stereocenters. The van der Waals surface area contributed by atoms with Crippen LogP contribution in [0.3, 0.4) is 0 Å². The third-order valence-corrected chi connectivity index (χ3v) is 4.56. The van der Waals surface area contributed by atoms with Gasteiger partial charge < -0.3 is 14.6 Å². The van der Waals surface area contributed by atoms with Crippen LogP contribution in [0.1, 0.15) is 27.7 Å². The smallest absolute Gasteiger partial charge is 0.356 e. The molecule has 5 nitrogen and oxygen atoms in total. The molecule has 1 amide bonds. The molecule has 1 atom stereocenters. The first-order valence-electron chi connectivity index (χ1n) is 8.40. The average molecular weight is 383 g/mol. The number of halogens is 1. The highest BCUT2D eigenvalue weighted by Gasteiger charge is 2.26. The van der Waals surface area contributed by atoms with Crippen molar-refractivity contribution >= 4 is 29.2 Å². The van der Waals surface area contributed by atoms with Crippen molar-refractivity contribution in [3.8, 4) is 0 Å². The fourth-order valence-electron chi connectivity index (χ4n) is 2.62. The van der Waals surface area contributed by atoms with Gasteiger partial charge in [0.1, 0.15) is 5.69 Å². The second-order valence-corrected chi connectivity index (χ2v) is 6.56. The normalized spacial score (nSPS) is 11.7. The van der Waals surface area contributed by atoms with E-state index >= 15 is 0 Å². The van der Waals surface area contributed by atoms with Gasteiger partial charge in [-0.1, -0.05) is 48.0 Å². The van der Waals surface area contributed by atoms with Gasteiger partial charge >= 0.3 is 5.97 Å². The number of benzene rings is 2. The van der Waals surface area contributed by atoms with Crippen LogP contribution in [0.2, 0.25) is 5.02 Å². The van der Waals surface area contributed by atoms with Gasteiger partial charge in [-0.3, -0.25) is 4.79 Å². The van der Waals surface area contributed by atoms with Crippen molar-refractivity contribution in [1.82, 2.24) is 4.57 Å². The number of esters is 1. The Balaban J connectivity index is 1.85. The number of aromatic nitrogens is 1. The SMILES string of the molecule is Cc1ccc(NC(=O)[C@@H](OC(=O)c2cccn2C)c2ccccc2)cc1Cl. The molecule has 0 bridgehead atoms. The van der Waals surface area contributed by atoms with Crippen LogP contribution < -0.4 is 5.32 Å².